The molecule has 1 N–H and O–H groups in total. The summed E-state index contributed by atoms with van der Waals surface area (Å²) in [5.41, 5.74) is 3.69. The van der Waals surface area contributed by atoms with E-state index in [4.69, 9.17) is 0 Å². The highest BCUT2D eigenvalue weighted by Crippen LogP contribution is 2.33. The van der Waals surface area contributed by atoms with Crippen LogP contribution in [0.25, 0.3) is 23.3 Å². The van der Waals surface area contributed by atoms with Gasteiger partial charge in [-0.1, -0.05) is 49.4 Å². The fourth-order valence-corrected chi connectivity index (χ4v) is 3.63. The molecule has 0 spiro atoms. The fraction of sp³-hybridized carbons (Fsp3) is 0.0952. The highest BCUT2D eigenvalue weighted by molar-refractivity contribution is 7.13. The molecule has 1 aromatic heterocycles. The van der Waals surface area contributed by atoms with Crippen molar-refractivity contribution in [2.24, 2.45) is 0 Å². The summed E-state index contributed by atoms with van der Waals surface area (Å²) >= 11 is 1.78. The number of carbonyl (C=O) groups excluding carboxylic acids is 1. The maximum atomic E-state index is 10.7. The zero-order valence-electron chi connectivity index (χ0n) is 13.4. The van der Waals surface area contributed by atoms with Gasteiger partial charge in [0.1, 0.15) is 5.75 Å². The van der Waals surface area contributed by atoms with Gasteiger partial charge in [0.15, 0.2) is 6.29 Å². The maximum absolute atomic E-state index is 10.7. The molecule has 0 aliphatic carbocycles. The van der Waals surface area contributed by atoms with E-state index in [9.17, 15) is 9.90 Å². The third kappa shape index (κ3) is 3.47. The van der Waals surface area contributed by atoms with Crippen molar-refractivity contribution in [1.29, 1.82) is 0 Å². The summed E-state index contributed by atoms with van der Waals surface area (Å²) in [7, 11) is 0. The van der Waals surface area contributed by atoms with Gasteiger partial charge in [-0.25, -0.2) is 0 Å². The molecular weight excluding hydrogens is 316 g/mol. The molecule has 0 aliphatic heterocycles. The van der Waals surface area contributed by atoms with Crippen LogP contribution >= 0.6 is 11.3 Å². The second-order valence-electron chi connectivity index (χ2n) is 5.47. The maximum Gasteiger partial charge on any atom is 0.153 e. The Bertz CT molecular complexity index is 876. The van der Waals surface area contributed by atoms with Crippen LogP contribution in [0.1, 0.15) is 32.6 Å². The number of phenolic OH excluding ortho intramolecular Hbond substituents is 1. The van der Waals surface area contributed by atoms with Crippen molar-refractivity contribution in [3.63, 3.8) is 0 Å². The lowest BCUT2D eigenvalue weighted by molar-refractivity contribution is 0.112. The van der Waals surface area contributed by atoms with E-state index in [1.54, 1.807) is 23.5 Å². The van der Waals surface area contributed by atoms with Gasteiger partial charge in [-0.2, -0.15) is 0 Å². The quantitative estimate of drug-likeness (QED) is 0.611. The van der Waals surface area contributed by atoms with Gasteiger partial charge < -0.3 is 5.11 Å². The molecule has 0 amide bonds. The van der Waals surface area contributed by atoms with Crippen molar-refractivity contribution in [3.8, 4) is 16.9 Å². The van der Waals surface area contributed by atoms with E-state index in [-0.39, 0.29) is 5.75 Å². The summed E-state index contributed by atoms with van der Waals surface area (Å²) in [6.45, 7) is 2.17. The van der Waals surface area contributed by atoms with Gasteiger partial charge in [-0.15, -0.1) is 11.3 Å². The van der Waals surface area contributed by atoms with Crippen LogP contribution in [0.4, 0.5) is 0 Å². The SMILES string of the molecule is CCc1sc(/C=C/c2ccc(C=O)c(O)c2)cc1-c1ccccc1. The predicted molar refractivity (Wildman–Crippen MR) is 102 cm³/mol. The number of aryl methyl sites for hydroxylation is 1. The third-order valence-electron chi connectivity index (χ3n) is 3.86. The van der Waals surface area contributed by atoms with Gasteiger partial charge in [0, 0.05) is 9.75 Å². The number of thiophene rings is 1. The minimum atomic E-state index is 0.0116. The molecule has 0 radical (unpaired) electrons. The number of carbonyl (C=O) groups is 1. The van der Waals surface area contributed by atoms with Gasteiger partial charge in [-0.3, -0.25) is 4.79 Å². The number of aromatic hydroxyl groups is 1. The van der Waals surface area contributed by atoms with Crippen molar-refractivity contribution in [1.82, 2.24) is 0 Å². The lowest BCUT2D eigenvalue weighted by Gasteiger charge is -2.00. The van der Waals surface area contributed by atoms with Crippen LogP contribution in [0.15, 0.2) is 54.6 Å². The zero-order valence-corrected chi connectivity index (χ0v) is 14.2. The summed E-state index contributed by atoms with van der Waals surface area (Å²) in [5, 5.41) is 9.76. The molecule has 120 valence electrons. The van der Waals surface area contributed by atoms with Crippen molar-refractivity contribution >= 4 is 29.8 Å². The molecular formula is C21H18O2S. The van der Waals surface area contributed by atoms with E-state index in [1.807, 2.05) is 24.3 Å². The Morgan fingerprint density at radius 3 is 2.50 bits per heavy atom. The van der Waals surface area contributed by atoms with Crippen molar-refractivity contribution in [3.05, 3.63) is 75.5 Å². The number of hydrogen-bond donors (Lipinski definition) is 1. The first-order valence-corrected chi connectivity index (χ1v) is 8.67. The van der Waals surface area contributed by atoms with E-state index in [0.717, 1.165) is 12.0 Å². The minimum absolute atomic E-state index is 0.0116. The molecule has 0 atom stereocenters. The van der Waals surface area contributed by atoms with Crippen LogP contribution in [0.5, 0.6) is 5.75 Å². The summed E-state index contributed by atoms with van der Waals surface area (Å²) in [5.74, 6) is 0.0116. The second-order valence-corrected chi connectivity index (χ2v) is 6.64. The van der Waals surface area contributed by atoms with Gasteiger partial charge in [0.25, 0.3) is 0 Å². The third-order valence-corrected chi connectivity index (χ3v) is 5.10. The lowest BCUT2D eigenvalue weighted by atomic mass is 10.1. The Balaban J connectivity index is 1.89. The Morgan fingerprint density at radius 1 is 1.04 bits per heavy atom. The molecule has 0 saturated heterocycles. The Morgan fingerprint density at radius 2 is 1.83 bits per heavy atom. The summed E-state index contributed by atoms with van der Waals surface area (Å²) in [6, 6.07) is 17.7. The summed E-state index contributed by atoms with van der Waals surface area (Å²) in [4.78, 5) is 13.3. The molecule has 2 nitrogen and oxygen atoms in total. The fourth-order valence-electron chi connectivity index (χ4n) is 2.60. The van der Waals surface area contributed by atoms with E-state index < -0.39 is 0 Å². The first-order valence-electron chi connectivity index (χ1n) is 7.85. The standard InChI is InChI=1S/C21H18O2S/c1-2-21-19(16-6-4-3-5-7-16)13-18(24-21)11-9-15-8-10-17(14-22)20(23)12-15/h3-14,23H,2H2,1H3/b11-9+. The molecule has 0 fully saturated rings. The van der Waals surface area contributed by atoms with E-state index in [0.29, 0.717) is 11.8 Å². The van der Waals surface area contributed by atoms with Gasteiger partial charge in [0.05, 0.1) is 5.56 Å². The summed E-state index contributed by atoms with van der Waals surface area (Å²) in [6.07, 6.45) is 5.65. The molecule has 3 aromatic rings. The number of benzene rings is 2. The number of hydrogen-bond acceptors (Lipinski definition) is 3. The average Bonchev–Trinajstić information content (AvgIpc) is 3.04. The molecule has 2 aromatic carbocycles. The van der Waals surface area contributed by atoms with Crippen LogP contribution < -0.4 is 0 Å². The number of aldehydes is 1. The van der Waals surface area contributed by atoms with Crippen LogP contribution in [-0.4, -0.2) is 11.4 Å². The second kappa shape index (κ2) is 7.28. The molecule has 24 heavy (non-hydrogen) atoms. The number of phenols is 1. The van der Waals surface area contributed by atoms with Gasteiger partial charge >= 0.3 is 0 Å². The van der Waals surface area contributed by atoms with Crippen molar-refractivity contribution < 1.29 is 9.90 Å². The van der Waals surface area contributed by atoms with Crippen LogP contribution in [-0.2, 0) is 6.42 Å². The Kier molecular flexibility index (Phi) is 4.92. The molecule has 3 heteroatoms. The highest BCUT2D eigenvalue weighted by atomic mass is 32.1. The predicted octanol–water partition coefficient (Wildman–Crippen LogP) is 5.67. The molecule has 0 saturated carbocycles. The number of rotatable bonds is 5. The molecule has 0 unspecified atom stereocenters. The Labute approximate surface area is 145 Å². The molecule has 0 aliphatic rings. The topological polar surface area (TPSA) is 37.3 Å². The van der Waals surface area contributed by atoms with Crippen LogP contribution in [0.3, 0.4) is 0 Å². The normalized spacial score (nSPS) is 11.0. The van der Waals surface area contributed by atoms with E-state index in [2.05, 4.69) is 37.3 Å². The Hall–Kier alpha value is -2.65. The van der Waals surface area contributed by atoms with E-state index in [1.165, 1.54) is 20.9 Å². The van der Waals surface area contributed by atoms with Gasteiger partial charge in [-0.05, 0) is 47.4 Å². The first-order chi connectivity index (χ1) is 11.7. The largest absolute Gasteiger partial charge is 0.507 e. The van der Waals surface area contributed by atoms with Crippen molar-refractivity contribution in [2.45, 2.75) is 13.3 Å². The van der Waals surface area contributed by atoms with Crippen LogP contribution in [0.2, 0.25) is 0 Å². The first kappa shape index (κ1) is 16.2. The van der Waals surface area contributed by atoms with E-state index >= 15 is 0 Å². The molecule has 3 rings (SSSR count). The highest BCUT2D eigenvalue weighted by Gasteiger charge is 2.08. The lowest BCUT2D eigenvalue weighted by Crippen LogP contribution is -1.81. The minimum Gasteiger partial charge on any atom is -0.507 e. The molecule has 1 heterocycles. The molecule has 0 bridgehead atoms. The van der Waals surface area contributed by atoms with Crippen LogP contribution in [0, 0.1) is 0 Å². The smallest absolute Gasteiger partial charge is 0.153 e. The average molecular weight is 334 g/mol. The van der Waals surface area contributed by atoms with Crippen molar-refractivity contribution in [2.75, 3.05) is 0 Å². The summed E-state index contributed by atoms with van der Waals surface area (Å²) < 4.78 is 0. The zero-order chi connectivity index (χ0) is 16.9. The van der Waals surface area contributed by atoms with Gasteiger partial charge in [0.2, 0.25) is 0 Å². The monoisotopic (exact) mass is 334 g/mol.